The lowest BCUT2D eigenvalue weighted by Crippen LogP contribution is -2.38. The minimum absolute atomic E-state index is 0.103. The summed E-state index contributed by atoms with van der Waals surface area (Å²) in [4.78, 5) is 38.6. The summed E-state index contributed by atoms with van der Waals surface area (Å²) in [5, 5.41) is 0. The summed E-state index contributed by atoms with van der Waals surface area (Å²) in [6, 6.07) is 6.99. The van der Waals surface area contributed by atoms with Crippen LogP contribution in [-0.4, -0.2) is 55.5 Å². The average Bonchev–Trinajstić information content (AvgIpc) is 2.83. The van der Waals surface area contributed by atoms with Crippen molar-refractivity contribution in [1.82, 2.24) is 4.90 Å². The number of benzene rings is 2. The predicted octanol–water partition coefficient (Wildman–Crippen LogP) is 3.79. The number of ether oxygens (including phenoxy) is 3. The van der Waals surface area contributed by atoms with Crippen LogP contribution in [0.4, 0.5) is 8.78 Å². The number of halogens is 2. The zero-order valence-electron chi connectivity index (χ0n) is 18.3. The number of nitrogens with zero attached hydrogens (tertiary/aromatic N) is 1. The van der Waals surface area contributed by atoms with Gasteiger partial charge in [0.2, 0.25) is 0 Å². The lowest BCUT2D eigenvalue weighted by molar-refractivity contribution is -0.134. The normalized spacial score (nSPS) is 13.4. The van der Waals surface area contributed by atoms with Crippen LogP contribution in [0.1, 0.15) is 46.9 Å². The number of hydrogen-bond donors (Lipinski definition) is 0. The molecule has 1 aliphatic rings. The highest BCUT2D eigenvalue weighted by Crippen LogP contribution is 2.29. The van der Waals surface area contributed by atoms with Gasteiger partial charge in [-0.05, 0) is 62.6 Å². The molecule has 0 aromatic heterocycles. The van der Waals surface area contributed by atoms with Gasteiger partial charge in [0.1, 0.15) is 0 Å². The highest BCUT2D eigenvalue weighted by atomic mass is 19.2. The fourth-order valence-electron chi connectivity index (χ4n) is 3.36. The van der Waals surface area contributed by atoms with Gasteiger partial charge in [-0.2, -0.15) is 0 Å². The van der Waals surface area contributed by atoms with Gasteiger partial charge < -0.3 is 19.1 Å². The zero-order valence-corrected chi connectivity index (χ0v) is 18.3. The van der Waals surface area contributed by atoms with E-state index in [0.717, 1.165) is 37.5 Å². The number of Topliss-reactive ketones (excluding diaryl/α,β-unsaturated/α-hetero) is 1. The van der Waals surface area contributed by atoms with Crippen LogP contribution in [0.2, 0.25) is 0 Å². The molecule has 0 saturated carbocycles. The van der Waals surface area contributed by atoms with Gasteiger partial charge >= 0.3 is 5.97 Å². The number of likely N-dealkylation sites (tertiary alicyclic amines) is 1. The topological polar surface area (TPSA) is 82.1 Å². The Bertz CT molecular complexity index is 1020. The maximum atomic E-state index is 13.3. The molecule has 2 aromatic carbocycles. The Morgan fingerprint density at radius 3 is 2.27 bits per heavy atom. The Kier molecular flexibility index (Phi) is 8.34. The van der Waals surface area contributed by atoms with Crippen molar-refractivity contribution in [1.29, 1.82) is 0 Å². The van der Waals surface area contributed by atoms with Gasteiger partial charge in [-0.15, -0.1) is 0 Å². The van der Waals surface area contributed by atoms with E-state index in [1.54, 1.807) is 11.8 Å². The number of hydrogen-bond acceptors (Lipinski definition) is 6. The summed E-state index contributed by atoms with van der Waals surface area (Å²) in [5.74, 6) is -3.28. The molecule has 176 valence electrons. The molecule has 0 N–H and O–H groups in total. The molecule has 7 nitrogen and oxygen atoms in total. The molecule has 0 radical (unpaired) electrons. The predicted molar refractivity (Wildman–Crippen MR) is 115 cm³/mol. The maximum Gasteiger partial charge on any atom is 0.338 e. The van der Waals surface area contributed by atoms with E-state index in [1.807, 2.05) is 0 Å². The van der Waals surface area contributed by atoms with E-state index >= 15 is 0 Å². The summed E-state index contributed by atoms with van der Waals surface area (Å²) < 4.78 is 42.5. The molecule has 0 atom stereocenters. The Morgan fingerprint density at radius 2 is 1.58 bits per heavy atom. The van der Waals surface area contributed by atoms with Crippen LogP contribution in [0.15, 0.2) is 36.4 Å². The van der Waals surface area contributed by atoms with Gasteiger partial charge in [-0.25, -0.2) is 13.6 Å². The van der Waals surface area contributed by atoms with E-state index in [2.05, 4.69) is 0 Å². The second-order valence-corrected chi connectivity index (χ2v) is 7.45. The van der Waals surface area contributed by atoms with Crippen LogP contribution in [0.5, 0.6) is 11.5 Å². The average molecular weight is 461 g/mol. The molecule has 2 aromatic rings. The minimum Gasteiger partial charge on any atom is -0.490 e. The largest absolute Gasteiger partial charge is 0.490 e. The van der Waals surface area contributed by atoms with Crippen LogP contribution in [0, 0.1) is 11.6 Å². The maximum absolute atomic E-state index is 13.3. The molecule has 1 saturated heterocycles. The lowest BCUT2D eigenvalue weighted by Gasteiger charge is -2.26. The van der Waals surface area contributed by atoms with Gasteiger partial charge in [0.15, 0.2) is 42.1 Å². The number of carbonyl (C=O) groups excluding carboxylic acids is 3. The summed E-state index contributed by atoms with van der Waals surface area (Å²) >= 11 is 0. The molecule has 0 spiro atoms. The summed E-state index contributed by atoms with van der Waals surface area (Å²) in [5.41, 5.74) is -0.00919. The van der Waals surface area contributed by atoms with Crippen molar-refractivity contribution in [2.24, 2.45) is 0 Å². The van der Waals surface area contributed by atoms with Crippen molar-refractivity contribution < 1.29 is 37.4 Å². The minimum atomic E-state index is -1.16. The Morgan fingerprint density at radius 1 is 0.848 bits per heavy atom. The molecule has 1 aliphatic heterocycles. The third kappa shape index (κ3) is 6.50. The molecule has 0 bridgehead atoms. The highest BCUT2D eigenvalue weighted by Gasteiger charge is 2.19. The quantitative estimate of drug-likeness (QED) is 0.418. The summed E-state index contributed by atoms with van der Waals surface area (Å²) in [7, 11) is 0. The van der Waals surface area contributed by atoms with E-state index in [1.165, 1.54) is 18.2 Å². The fraction of sp³-hybridized carbons (Fsp3) is 0.375. The van der Waals surface area contributed by atoms with Crippen LogP contribution in [0.25, 0.3) is 0 Å². The first-order valence-corrected chi connectivity index (χ1v) is 10.7. The first-order valence-electron chi connectivity index (χ1n) is 10.7. The van der Waals surface area contributed by atoms with Crippen LogP contribution >= 0.6 is 0 Å². The summed E-state index contributed by atoms with van der Waals surface area (Å²) in [6.07, 6.45) is 3.07. The number of amides is 1. The number of esters is 1. The second kappa shape index (κ2) is 11.4. The van der Waals surface area contributed by atoms with Crippen molar-refractivity contribution in [3.8, 4) is 11.5 Å². The van der Waals surface area contributed by atoms with Gasteiger partial charge in [0.05, 0.1) is 12.2 Å². The van der Waals surface area contributed by atoms with E-state index in [9.17, 15) is 23.2 Å². The SMILES string of the molecule is CCOc1cc(C(=O)OCC(=O)c2ccc(F)c(F)c2)ccc1OCC(=O)N1CCCCC1. The van der Waals surface area contributed by atoms with Crippen molar-refractivity contribution in [3.63, 3.8) is 0 Å². The smallest absolute Gasteiger partial charge is 0.338 e. The van der Waals surface area contributed by atoms with Gasteiger partial charge in [-0.3, -0.25) is 9.59 Å². The Balaban J connectivity index is 1.60. The third-order valence-corrected chi connectivity index (χ3v) is 5.12. The molecule has 1 heterocycles. The van der Waals surface area contributed by atoms with Crippen molar-refractivity contribution in [3.05, 3.63) is 59.2 Å². The van der Waals surface area contributed by atoms with Gasteiger partial charge in [-0.1, -0.05) is 0 Å². The van der Waals surface area contributed by atoms with E-state index in [-0.39, 0.29) is 29.4 Å². The van der Waals surface area contributed by atoms with Crippen LogP contribution < -0.4 is 9.47 Å². The highest BCUT2D eigenvalue weighted by molar-refractivity contribution is 5.99. The fourth-order valence-corrected chi connectivity index (χ4v) is 3.36. The van der Waals surface area contributed by atoms with Crippen molar-refractivity contribution in [2.75, 3.05) is 32.9 Å². The lowest BCUT2D eigenvalue weighted by atomic mass is 10.1. The molecule has 1 fully saturated rings. The first kappa shape index (κ1) is 24.2. The van der Waals surface area contributed by atoms with E-state index < -0.39 is 30.0 Å². The first-order chi connectivity index (χ1) is 15.9. The van der Waals surface area contributed by atoms with E-state index in [0.29, 0.717) is 25.4 Å². The molecular formula is C24H25F2NO6. The second-order valence-electron chi connectivity index (χ2n) is 7.45. The van der Waals surface area contributed by atoms with Gasteiger partial charge in [0, 0.05) is 18.7 Å². The molecule has 9 heteroatoms. The molecule has 33 heavy (non-hydrogen) atoms. The van der Waals surface area contributed by atoms with Crippen molar-refractivity contribution >= 4 is 17.7 Å². The van der Waals surface area contributed by atoms with Crippen molar-refractivity contribution in [2.45, 2.75) is 26.2 Å². The molecule has 1 amide bonds. The molecule has 3 rings (SSSR count). The molecule has 0 aliphatic carbocycles. The van der Waals surface area contributed by atoms with E-state index in [4.69, 9.17) is 14.2 Å². The number of ketones is 1. The molecular weight excluding hydrogens is 436 g/mol. The zero-order chi connectivity index (χ0) is 23.8. The Hall–Kier alpha value is -3.49. The van der Waals surface area contributed by atoms with Crippen LogP contribution in [0.3, 0.4) is 0 Å². The number of carbonyl (C=O) groups is 3. The monoisotopic (exact) mass is 461 g/mol. The number of rotatable bonds is 9. The van der Waals surface area contributed by atoms with Crippen LogP contribution in [-0.2, 0) is 9.53 Å². The third-order valence-electron chi connectivity index (χ3n) is 5.12. The Labute approximate surface area is 190 Å². The van der Waals surface area contributed by atoms with Gasteiger partial charge in [0.25, 0.3) is 5.91 Å². The molecule has 0 unspecified atom stereocenters. The standard InChI is InChI=1S/C24H25F2NO6/c1-2-31-22-13-17(7-9-21(22)32-15-23(29)27-10-4-3-5-11-27)24(30)33-14-20(28)16-6-8-18(25)19(26)12-16/h6-9,12-13H,2-5,10-11,14-15H2,1H3. The number of piperidine rings is 1. The summed E-state index contributed by atoms with van der Waals surface area (Å²) in [6.45, 7) is 2.70.